The summed E-state index contributed by atoms with van der Waals surface area (Å²) in [7, 11) is 0. The Bertz CT molecular complexity index is 723. The monoisotopic (exact) mass is 329 g/mol. The fourth-order valence-corrected chi connectivity index (χ4v) is 3.45. The molecule has 1 amide bonds. The summed E-state index contributed by atoms with van der Waals surface area (Å²) < 4.78 is 0. The third kappa shape index (κ3) is 3.99. The van der Waals surface area contributed by atoms with Gasteiger partial charge in [-0.3, -0.25) is 4.79 Å². The minimum Gasteiger partial charge on any atom is -0.350 e. The molecule has 1 N–H and O–H groups in total. The predicted molar refractivity (Wildman–Crippen MR) is 89.5 cm³/mol. The van der Waals surface area contributed by atoms with Gasteiger partial charge in [-0.1, -0.05) is 30.3 Å². The maximum absolute atomic E-state index is 12.1. The Morgan fingerprint density at radius 3 is 2.77 bits per heavy atom. The number of nitrogens with zero attached hydrogens (tertiary/aromatic N) is 2. The molecular formula is C16H15N3OS2. The second-order valence-electron chi connectivity index (χ2n) is 4.72. The van der Waals surface area contributed by atoms with Crippen LogP contribution in [0.15, 0.2) is 47.3 Å². The lowest BCUT2D eigenvalue weighted by molar-refractivity contribution is 0.0949. The zero-order valence-corrected chi connectivity index (χ0v) is 13.5. The molecule has 112 valence electrons. The summed E-state index contributed by atoms with van der Waals surface area (Å²) in [6.07, 6.45) is 3.29. The van der Waals surface area contributed by atoms with Crippen LogP contribution in [0.4, 0.5) is 0 Å². The van der Waals surface area contributed by atoms with Crippen molar-refractivity contribution in [2.75, 3.05) is 6.54 Å². The highest BCUT2D eigenvalue weighted by molar-refractivity contribution is 7.10. The van der Waals surface area contributed by atoms with E-state index in [1.807, 2.05) is 29.0 Å². The quantitative estimate of drug-likeness (QED) is 0.756. The van der Waals surface area contributed by atoms with E-state index < -0.39 is 0 Å². The smallest absolute Gasteiger partial charge is 0.270 e. The van der Waals surface area contributed by atoms with Gasteiger partial charge in [0.15, 0.2) is 0 Å². The predicted octanol–water partition coefficient (Wildman–Crippen LogP) is 3.16. The number of aromatic nitrogens is 2. The second-order valence-corrected chi connectivity index (χ2v) is 6.64. The Kier molecular flexibility index (Phi) is 4.92. The topological polar surface area (TPSA) is 54.9 Å². The van der Waals surface area contributed by atoms with Crippen LogP contribution in [-0.4, -0.2) is 22.4 Å². The standard InChI is InChI=1S/C16H15N3OS2/c20-16(18-7-6-14-17-8-9-21-14)13-11-22-15(19-13)10-12-4-2-1-3-5-12/h1-5,8-9,11H,6-7,10H2,(H,18,20). The molecule has 0 saturated heterocycles. The Morgan fingerprint density at radius 1 is 1.14 bits per heavy atom. The molecule has 0 radical (unpaired) electrons. The highest BCUT2D eigenvalue weighted by Crippen LogP contribution is 2.14. The second kappa shape index (κ2) is 7.29. The first-order valence-corrected chi connectivity index (χ1v) is 8.72. The van der Waals surface area contributed by atoms with Crippen molar-refractivity contribution < 1.29 is 4.79 Å². The van der Waals surface area contributed by atoms with E-state index in [0.29, 0.717) is 12.2 Å². The first-order valence-electron chi connectivity index (χ1n) is 6.96. The fourth-order valence-electron chi connectivity index (χ4n) is 2.02. The summed E-state index contributed by atoms with van der Waals surface area (Å²) in [5.74, 6) is -0.118. The molecule has 0 saturated carbocycles. The van der Waals surface area contributed by atoms with E-state index in [9.17, 15) is 4.79 Å². The van der Waals surface area contributed by atoms with Gasteiger partial charge in [0.2, 0.25) is 0 Å². The molecule has 0 bridgehead atoms. The lowest BCUT2D eigenvalue weighted by Gasteiger charge is -2.01. The number of carbonyl (C=O) groups excluding carboxylic acids is 1. The Morgan fingerprint density at radius 2 is 2.00 bits per heavy atom. The average Bonchev–Trinajstić information content (AvgIpc) is 3.20. The highest BCUT2D eigenvalue weighted by Gasteiger charge is 2.10. The molecule has 0 fully saturated rings. The third-order valence-electron chi connectivity index (χ3n) is 3.09. The summed E-state index contributed by atoms with van der Waals surface area (Å²) >= 11 is 3.12. The van der Waals surface area contributed by atoms with Crippen LogP contribution in [0, 0.1) is 0 Å². The number of hydrogen-bond donors (Lipinski definition) is 1. The summed E-state index contributed by atoms with van der Waals surface area (Å²) in [5, 5.41) is 8.63. The Hall–Kier alpha value is -2.05. The molecule has 2 aromatic heterocycles. The van der Waals surface area contributed by atoms with Gasteiger partial charge >= 0.3 is 0 Å². The average molecular weight is 329 g/mol. The van der Waals surface area contributed by atoms with Gasteiger partial charge < -0.3 is 5.32 Å². The van der Waals surface area contributed by atoms with Crippen molar-refractivity contribution in [3.05, 3.63) is 68.6 Å². The highest BCUT2D eigenvalue weighted by atomic mass is 32.1. The lowest BCUT2D eigenvalue weighted by Crippen LogP contribution is -2.26. The van der Waals surface area contributed by atoms with Gasteiger partial charge in [0.1, 0.15) is 5.69 Å². The summed E-state index contributed by atoms with van der Waals surface area (Å²) in [6, 6.07) is 10.1. The molecule has 22 heavy (non-hydrogen) atoms. The molecule has 3 rings (SSSR count). The van der Waals surface area contributed by atoms with E-state index in [4.69, 9.17) is 0 Å². The molecule has 2 heterocycles. The van der Waals surface area contributed by atoms with Gasteiger partial charge in [0.05, 0.1) is 10.0 Å². The molecule has 3 aromatic rings. The number of benzene rings is 1. The molecule has 6 heteroatoms. The van der Waals surface area contributed by atoms with Crippen LogP contribution in [0.2, 0.25) is 0 Å². The molecule has 1 aromatic carbocycles. The summed E-state index contributed by atoms with van der Waals surface area (Å²) in [6.45, 7) is 0.581. The van der Waals surface area contributed by atoms with Crippen molar-refractivity contribution in [3.63, 3.8) is 0 Å². The van der Waals surface area contributed by atoms with E-state index in [-0.39, 0.29) is 5.91 Å². The SMILES string of the molecule is O=C(NCCc1nccs1)c1csc(Cc2ccccc2)n1. The number of nitrogens with one attached hydrogen (secondary N) is 1. The van der Waals surface area contributed by atoms with Crippen LogP contribution < -0.4 is 5.32 Å². The van der Waals surface area contributed by atoms with Crippen molar-refractivity contribution in [1.29, 1.82) is 0 Å². The number of rotatable bonds is 6. The normalized spacial score (nSPS) is 10.5. The Labute approximate surface area is 136 Å². The largest absolute Gasteiger partial charge is 0.350 e. The van der Waals surface area contributed by atoms with Crippen LogP contribution in [0.25, 0.3) is 0 Å². The first kappa shape index (κ1) is 14.9. The van der Waals surface area contributed by atoms with Crippen molar-refractivity contribution >= 4 is 28.6 Å². The molecule has 0 spiro atoms. The van der Waals surface area contributed by atoms with E-state index in [1.165, 1.54) is 16.9 Å². The first-order chi connectivity index (χ1) is 10.8. The van der Waals surface area contributed by atoms with E-state index in [0.717, 1.165) is 22.9 Å². The van der Waals surface area contributed by atoms with Gasteiger partial charge in [-0.25, -0.2) is 9.97 Å². The van der Waals surface area contributed by atoms with Gasteiger partial charge in [-0.05, 0) is 5.56 Å². The van der Waals surface area contributed by atoms with E-state index in [2.05, 4.69) is 27.4 Å². The van der Waals surface area contributed by atoms with Crippen molar-refractivity contribution in [2.45, 2.75) is 12.8 Å². The molecule has 0 aliphatic heterocycles. The lowest BCUT2D eigenvalue weighted by atomic mass is 10.2. The van der Waals surface area contributed by atoms with Crippen molar-refractivity contribution in [2.24, 2.45) is 0 Å². The van der Waals surface area contributed by atoms with Crippen molar-refractivity contribution in [3.8, 4) is 0 Å². The minimum absolute atomic E-state index is 0.118. The number of carbonyl (C=O) groups is 1. The summed E-state index contributed by atoms with van der Waals surface area (Å²) in [4.78, 5) is 20.7. The Balaban J connectivity index is 1.53. The minimum atomic E-state index is -0.118. The van der Waals surface area contributed by atoms with E-state index >= 15 is 0 Å². The third-order valence-corrected chi connectivity index (χ3v) is 4.78. The van der Waals surface area contributed by atoms with Crippen LogP contribution in [0.3, 0.4) is 0 Å². The van der Waals surface area contributed by atoms with Gasteiger partial charge in [-0.2, -0.15) is 0 Å². The molecule has 0 atom stereocenters. The molecular weight excluding hydrogens is 314 g/mol. The zero-order valence-electron chi connectivity index (χ0n) is 11.9. The van der Waals surface area contributed by atoms with Gasteiger partial charge in [0, 0.05) is 36.3 Å². The van der Waals surface area contributed by atoms with Crippen LogP contribution in [0.5, 0.6) is 0 Å². The number of hydrogen-bond acceptors (Lipinski definition) is 5. The molecule has 0 aliphatic carbocycles. The zero-order chi connectivity index (χ0) is 15.2. The number of thiazole rings is 2. The van der Waals surface area contributed by atoms with Crippen molar-refractivity contribution in [1.82, 2.24) is 15.3 Å². The summed E-state index contributed by atoms with van der Waals surface area (Å²) in [5.41, 5.74) is 1.70. The fraction of sp³-hybridized carbons (Fsp3) is 0.188. The maximum Gasteiger partial charge on any atom is 0.270 e. The van der Waals surface area contributed by atoms with Gasteiger partial charge in [-0.15, -0.1) is 22.7 Å². The van der Waals surface area contributed by atoms with Crippen LogP contribution in [-0.2, 0) is 12.8 Å². The molecule has 0 unspecified atom stereocenters. The van der Waals surface area contributed by atoms with Crippen LogP contribution >= 0.6 is 22.7 Å². The molecule has 0 aliphatic rings. The molecule has 4 nitrogen and oxygen atoms in total. The number of amides is 1. The van der Waals surface area contributed by atoms with Crippen LogP contribution in [0.1, 0.15) is 26.1 Å². The van der Waals surface area contributed by atoms with E-state index in [1.54, 1.807) is 17.5 Å². The maximum atomic E-state index is 12.1. The van der Waals surface area contributed by atoms with Gasteiger partial charge in [0.25, 0.3) is 5.91 Å².